The Morgan fingerprint density at radius 1 is 1.16 bits per heavy atom. The molecule has 0 saturated carbocycles. The molecule has 3 aromatic rings. The van der Waals surface area contributed by atoms with Gasteiger partial charge in [0.05, 0.1) is 6.20 Å². The molecule has 0 aliphatic rings. The summed E-state index contributed by atoms with van der Waals surface area (Å²) in [6, 6.07) is 11.5. The number of aryl methyl sites for hydroxylation is 1. The molecule has 0 aliphatic heterocycles. The Balaban J connectivity index is 1.59. The highest BCUT2D eigenvalue weighted by atomic mass is 16.2. The zero-order valence-electron chi connectivity index (χ0n) is 14.4. The number of nitrogens with one attached hydrogen (secondary N) is 2. The van der Waals surface area contributed by atoms with Crippen LogP contribution in [-0.2, 0) is 13.1 Å². The summed E-state index contributed by atoms with van der Waals surface area (Å²) in [5.41, 5.74) is 4.80. The molecule has 2 heterocycles. The summed E-state index contributed by atoms with van der Waals surface area (Å²) in [7, 11) is 1.80. The van der Waals surface area contributed by atoms with Crippen molar-refractivity contribution >= 4 is 11.6 Å². The van der Waals surface area contributed by atoms with Gasteiger partial charge in [-0.05, 0) is 48.9 Å². The molecular formula is C19H21N5O. The molecule has 0 fully saturated rings. The van der Waals surface area contributed by atoms with Crippen LogP contribution in [0, 0.1) is 6.92 Å². The first-order valence-electron chi connectivity index (χ1n) is 8.10. The van der Waals surface area contributed by atoms with Crippen molar-refractivity contribution in [1.82, 2.24) is 20.1 Å². The standard InChI is InChI=1S/C19H21N5O/c1-14-17(12-22-23-14)13-24(2)19(25)16-3-5-18(6-4-16)21-11-15-7-9-20-10-8-15/h3-10,12,21H,11,13H2,1-2H3,(H,22,23). The van der Waals surface area contributed by atoms with Crippen LogP contribution in [0.25, 0.3) is 0 Å². The Hall–Kier alpha value is -3.15. The van der Waals surface area contributed by atoms with Gasteiger partial charge in [-0.2, -0.15) is 5.10 Å². The van der Waals surface area contributed by atoms with Crippen LogP contribution in [0.15, 0.2) is 55.0 Å². The van der Waals surface area contributed by atoms with Gasteiger partial charge in [0.25, 0.3) is 5.91 Å². The molecule has 1 aromatic carbocycles. The highest BCUT2D eigenvalue weighted by Gasteiger charge is 2.13. The van der Waals surface area contributed by atoms with E-state index in [0.29, 0.717) is 12.1 Å². The first-order chi connectivity index (χ1) is 12.1. The quantitative estimate of drug-likeness (QED) is 0.726. The average molecular weight is 335 g/mol. The number of pyridine rings is 1. The summed E-state index contributed by atoms with van der Waals surface area (Å²) in [6.07, 6.45) is 5.30. The van der Waals surface area contributed by atoms with E-state index in [1.807, 2.05) is 43.3 Å². The lowest BCUT2D eigenvalue weighted by atomic mass is 10.1. The van der Waals surface area contributed by atoms with Gasteiger partial charge in [-0.3, -0.25) is 14.9 Å². The van der Waals surface area contributed by atoms with Crippen LogP contribution >= 0.6 is 0 Å². The van der Waals surface area contributed by atoms with Gasteiger partial charge >= 0.3 is 0 Å². The Labute approximate surface area is 146 Å². The van der Waals surface area contributed by atoms with Crippen molar-refractivity contribution in [1.29, 1.82) is 0 Å². The molecule has 0 aliphatic carbocycles. The van der Waals surface area contributed by atoms with Gasteiger partial charge in [0.2, 0.25) is 0 Å². The van der Waals surface area contributed by atoms with Crippen LogP contribution in [0.5, 0.6) is 0 Å². The van der Waals surface area contributed by atoms with Crippen molar-refractivity contribution in [3.63, 3.8) is 0 Å². The number of anilines is 1. The van der Waals surface area contributed by atoms with Gasteiger partial charge in [-0.25, -0.2) is 0 Å². The predicted octanol–water partition coefficient (Wildman–Crippen LogP) is 3.00. The number of rotatable bonds is 6. The van der Waals surface area contributed by atoms with E-state index in [-0.39, 0.29) is 5.91 Å². The lowest BCUT2D eigenvalue weighted by molar-refractivity contribution is 0.0785. The van der Waals surface area contributed by atoms with Crippen molar-refractivity contribution in [2.24, 2.45) is 0 Å². The predicted molar refractivity (Wildman–Crippen MR) is 97.1 cm³/mol. The van der Waals surface area contributed by atoms with E-state index in [1.54, 1.807) is 30.5 Å². The van der Waals surface area contributed by atoms with Crippen LogP contribution in [0.2, 0.25) is 0 Å². The smallest absolute Gasteiger partial charge is 0.253 e. The van der Waals surface area contributed by atoms with E-state index < -0.39 is 0 Å². The maximum atomic E-state index is 12.5. The van der Waals surface area contributed by atoms with Gasteiger partial charge in [0.1, 0.15) is 0 Å². The van der Waals surface area contributed by atoms with Crippen LogP contribution < -0.4 is 5.32 Å². The first-order valence-corrected chi connectivity index (χ1v) is 8.10. The number of hydrogen-bond acceptors (Lipinski definition) is 4. The second-order valence-electron chi connectivity index (χ2n) is 5.97. The number of carbonyl (C=O) groups excluding carboxylic acids is 1. The highest BCUT2D eigenvalue weighted by molar-refractivity contribution is 5.94. The number of hydrogen-bond donors (Lipinski definition) is 2. The molecule has 2 N–H and O–H groups in total. The summed E-state index contributed by atoms with van der Waals surface area (Å²) in [5, 5.41) is 10.2. The summed E-state index contributed by atoms with van der Waals surface area (Å²) in [5.74, 6) is -0.0127. The van der Waals surface area contributed by atoms with Crippen molar-refractivity contribution in [3.8, 4) is 0 Å². The lowest BCUT2D eigenvalue weighted by Crippen LogP contribution is -2.26. The minimum absolute atomic E-state index is 0.0127. The maximum Gasteiger partial charge on any atom is 0.253 e. The topological polar surface area (TPSA) is 73.9 Å². The fraction of sp³-hybridized carbons (Fsp3) is 0.211. The Bertz CT molecular complexity index is 827. The van der Waals surface area contributed by atoms with Gasteiger partial charge in [0, 0.05) is 55.0 Å². The van der Waals surface area contributed by atoms with E-state index in [2.05, 4.69) is 20.5 Å². The lowest BCUT2D eigenvalue weighted by Gasteiger charge is -2.17. The number of benzene rings is 1. The fourth-order valence-electron chi connectivity index (χ4n) is 2.52. The Morgan fingerprint density at radius 2 is 1.88 bits per heavy atom. The molecule has 25 heavy (non-hydrogen) atoms. The maximum absolute atomic E-state index is 12.5. The van der Waals surface area contributed by atoms with Gasteiger partial charge < -0.3 is 10.2 Å². The van der Waals surface area contributed by atoms with Gasteiger partial charge in [-0.1, -0.05) is 0 Å². The summed E-state index contributed by atoms with van der Waals surface area (Å²) >= 11 is 0. The summed E-state index contributed by atoms with van der Waals surface area (Å²) in [4.78, 5) is 18.2. The molecule has 0 atom stereocenters. The molecule has 128 valence electrons. The molecule has 1 amide bonds. The number of nitrogens with zero attached hydrogens (tertiary/aromatic N) is 3. The normalized spacial score (nSPS) is 10.5. The van der Waals surface area contributed by atoms with Crippen molar-refractivity contribution < 1.29 is 4.79 Å². The molecule has 0 spiro atoms. The van der Waals surface area contributed by atoms with Gasteiger partial charge in [0.15, 0.2) is 0 Å². The summed E-state index contributed by atoms with van der Waals surface area (Å²) in [6.45, 7) is 3.20. The first kappa shape index (κ1) is 16.7. The molecule has 0 radical (unpaired) electrons. The molecule has 3 rings (SSSR count). The monoisotopic (exact) mass is 335 g/mol. The Morgan fingerprint density at radius 3 is 2.52 bits per heavy atom. The molecule has 0 unspecified atom stereocenters. The minimum Gasteiger partial charge on any atom is -0.381 e. The zero-order chi connectivity index (χ0) is 17.6. The zero-order valence-corrected chi connectivity index (χ0v) is 14.4. The van der Waals surface area contributed by atoms with Crippen molar-refractivity contribution in [2.45, 2.75) is 20.0 Å². The molecule has 0 saturated heterocycles. The van der Waals surface area contributed by atoms with Crippen LogP contribution in [0.4, 0.5) is 5.69 Å². The second-order valence-corrected chi connectivity index (χ2v) is 5.97. The summed E-state index contributed by atoms with van der Waals surface area (Å²) < 4.78 is 0. The molecule has 2 aromatic heterocycles. The average Bonchev–Trinajstić information content (AvgIpc) is 3.05. The number of amides is 1. The minimum atomic E-state index is -0.0127. The third kappa shape index (κ3) is 4.23. The van der Waals surface area contributed by atoms with Gasteiger partial charge in [-0.15, -0.1) is 0 Å². The van der Waals surface area contributed by atoms with E-state index >= 15 is 0 Å². The van der Waals surface area contributed by atoms with E-state index in [4.69, 9.17) is 0 Å². The van der Waals surface area contributed by atoms with Crippen LogP contribution in [-0.4, -0.2) is 33.0 Å². The van der Waals surface area contributed by atoms with Crippen LogP contribution in [0.1, 0.15) is 27.2 Å². The van der Waals surface area contributed by atoms with E-state index in [1.165, 1.54) is 0 Å². The largest absolute Gasteiger partial charge is 0.381 e. The van der Waals surface area contributed by atoms with Crippen molar-refractivity contribution in [3.05, 3.63) is 77.4 Å². The van der Waals surface area contributed by atoms with Crippen molar-refractivity contribution in [2.75, 3.05) is 12.4 Å². The second kappa shape index (κ2) is 7.61. The highest BCUT2D eigenvalue weighted by Crippen LogP contribution is 2.14. The number of aromatic nitrogens is 3. The van der Waals surface area contributed by atoms with Crippen LogP contribution in [0.3, 0.4) is 0 Å². The molecule has 0 bridgehead atoms. The SMILES string of the molecule is Cc1[nH]ncc1CN(C)C(=O)c1ccc(NCc2ccncc2)cc1. The van der Waals surface area contributed by atoms with E-state index in [0.717, 1.165) is 29.1 Å². The molecule has 6 heteroatoms. The molecular weight excluding hydrogens is 314 g/mol. The number of aromatic amines is 1. The molecule has 6 nitrogen and oxygen atoms in total. The van der Waals surface area contributed by atoms with E-state index in [9.17, 15) is 4.79 Å². The number of H-pyrrole nitrogens is 1. The number of carbonyl (C=O) groups is 1. The fourth-order valence-corrected chi connectivity index (χ4v) is 2.52. The third-order valence-corrected chi connectivity index (χ3v) is 4.07. The third-order valence-electron chi connectivity index (χ3n) is 4.07. The Kier molecular flexibility index (Phi) is 5.09.